The van der Waals surface area contributed by atoms with E-state index in [4.69, 9.17) is 21.1 Å². The molecule has 106 valence electrons. The molecule has 0 saturated heterocycles. The summed E-state index contributed by atoms with van der Waals surface area (Å²) in [7, 11) is 1.63. The number of aromatic nitrogens is 1. The lowest BCUT2D eigenvalue weighted by Crippen LogP contribution is -1.93. The van der Waals surface area contributed by atoms with Crippen LogP contribution in [0.1, 0.15) is 5.56 Å². The molecule has 21 heavy (non-hydrogen) atoms. The Morgan fingerprint density at radius 1 is 1.00 bits per heavy atom. The maximum absolute atomic E-state index is 5.96. The third-order valence-corrected chi connectivity index (χ3v) is 3.53. The molecule has 0 spiro atoms. The number of nitrogens with zero attached hydrogens (tertiary/aromatic N) is 1. The van der Waals surface area contributed by atoms with Crippen LogP contribution in [0.3, 0.4) is 0 Å². The summed E-state index contributed by atoms with van der Waals surface area (Å²) in [4.78, 5) is 4.38. The van der Waals surface area contributed by atoms with Crippen LogP contribution in [-0.2, 0) is 5.88 Å². The summed E-state index contributed by atoms with van der Waals surface area (Å²) in [6, 6.07) is 15.4. The maximum atomic E-state index is 5.96. The largest absolute Gasteiger partial charge is 0.497 e. The second kappa shape index (κ2) is 6.02. The number of pyridine rings is 1. The van der Waals surface area contributed by atoms with Gasteiger partial charge in [-0.05, 0) is 29.1 Å². The molecule has 4 heteroatoms. The summed E-state index contributed by atoms with van der Waals surface area (Å²) in [6.07, 6.45) is 1.75. The van der Waals surface area contributed by atoms with Crippen molar-refractivity contribution in [3.05, 3.63) is 60.3 Å². The summed E-state index contributed by atoms with van der Waals surface area (Å²) >= 11 is 5.96. The zero-order valence-corrected chi connectivity index (χ0v) is 12.3. The summed E-state index contributed by atoms with van der Waals surface area (Å²) in [5.74, 6) is 2.42. The van der Waals surface area contributed by atoms with Crippen molar-refractivity contribution in [3.63, 3.8) is 0 Å². The van der Waals surface area contributed by atoms with Crippen LogP contribution in [0.2, 0.25) is 0 Å². The lowest BCUT2D eigenvalue weighted by molar-refractivity contribution is 0.408. The zero-order valence-electron chi connectivity index (χ0n) is 11.5. The van der Waals surface area contributed by atoms with Gasteiger partial charge in [0.1, 0.15) is 11.5 Å². The topological polar surface area (TPSA) is 31.4 Å². The van der Waals surface area contributed by atoms with Gasteiger partial charge in [-0.3, -0.25) is 0 Å². The molecule has 3 aromatic rings. The minimum atomic E-state index is 0.424. The quantitative estimate of drug-likeness (QED) is 0.650. The van der Waals surface area contributed by atoms with Gasteiger partial charge in [0.2, 0.25) is 5.88 Å². The fourth-order valence-corrected chi connectivity index (χ4v) is 2.40. The molecule has 1 heterocycles. The third kappa shape index (κ3) is 2.78. The Kier molecular flexibility index (Phi) is 3.93. The van der Waals surface area contributed by atoms with Crippen LogP contribution >= 0.6 is 11.6 Å². The van der Waals surface area contributed by atoms with Gasteiger partial charge in [-0.1, -0.05) is 24.3 Å². The van der Waals surface area contributed by atoms with E-state index in [1.165, 1.54) is 0 Å². The fourth-order valence-electron chi connectivity index (χ4n) is 2.19. The van der Waals surface area contributed by atoms with Gasteiger partial charge in [0, 0.05) is 23.5 Å². The molecule has 0 fully saturated rings. The standard InChI is InChI=1S/C17H14ClNO2/c1-20-13-5-4-6-14(9-13)21-17-16-8-3-2-7-15(16)12(10-18)11-19-17/h2-9,11H,10H2,1H3. The van der Waals surface area contributed by atoms with Crippen molar-refractivity contribution >= 4 is 22.4 Å². The number of alkyl halides is 1. The number of benzene rings is 2. The molecule has 1 aromatic heterocycles. The average molecular weight is 300 g/mol. The summed E-state index contributed by atoms with van der Waals surface area (Å²) in [6.45, 7) is 0. The first-order valence-electron chi connectivity index (χ1n) is 6.56. The number of hydrogen-bond donors (Lipinski definition) is 0. The molecule has 0 N–H and O–H groups in total. The minimum absolute atomic E-state index is 0.424. The van der Waals surface area contributed by atoms with Gasteiger partial charge in [0.05, 0.1) is 7.11 Å². The molecule has 3 rings (SSSR count). The smallest absolute Gasteiger partial charge is 0.227 e. The SMILES string of the molecule is COc1cccc(Oc2ncc(CCl)c3ccccc23)c1. The molecule has 0 bridgehead atoms. The zero-order chi connectivity index (χ0) is 14.7. The summed E-state index contributed by atoms with van der Waals surface area (Å²) < 4.78 is 11.1. The van der Waals surface area contributed by atoms with Gasteiger partial charge in [-0.25, -0.2) is 4.98 Å². The first-order chi connectivity index (χ1) is 10.3. The molecule has 0 unspecified atom stereocenters. The lowest BCUT2D eigenvalue weighted by Gasteiger charge is -2.10. The van der Waals surface area contributed by atoms with Crippen molar-refractivity contribution < 1.29 is 9.47 Å². The van der Waals surface area contributed by atoms with Gasteiger partial charge in [-0.2, -0.15) is 0 Å². The molecule has 0 saturated carbocycles. The van der Waals surface area contributed by atoms with Crippen molar-refractivity contribution in [2.75, 3.05) is 7.11 Å². The number of halogens is 1. The lowest BCUT2D eigenvalue weighted by atomic mass is 10.1. The van der Waals surface area contributed by atoms with E-state index in [-0.39, 0.29) is 0 Å². The Balaban J connectivity index is 2.04. The second-order valence-corrected chi connectivity index (χ2v) is 4.82. The molecule has 0 aliphatic heterocycles. The van der Waals surface area contributed by atoms with Crippen molar-refractivity contribution in [3.8, 4) is 17.4 Å². The number of rotatable bonds is 4. The van der Waals surface area contributed by atoms with E-state index in [1.54, 1.807) is 13.3 Å². The number of fused-ring (bicyclic) bond motifs is 1. The third-order valence-electron chi connectivity index (χ3n) is 3.24. The van der Waals surface area contributed by atoms with E-state index >= 15 is 0 Å². The van der Waals surface area contributed by atoms with Crippen LogP contribution < -0.4 is 9.47 Å². The molecule has 0 aliphatic carbocycles. The number of methoxy groups -OCH3 is 1. The van der Waals surface area contributed by atoms with Crippen LogP contribution in [0.25, 0.3) is 10.8 Å². The molecule has 0 aliphatic rings. The highest BCUT2D eigenvalue weighted by molar-refractivity contribution is 6.18. The van der Waals surface area contributed by atoms with Crippen LogP contribution in [-0.4, -0.2) is 12.1 Å². The van der Waals surface area contributed by atoms with Gasteiger partial charge >= 0.3 is 0 Å². The minimum Gasteiger partial charge on any atom is -0.497 e. The normalized spacial score (nSPS) is 10.6. The highest BCUT2D eigenvalue weighted by Gasteiger charge is 2.09. The predicted molar refractivity (Wildman–Crippen MR) is 84.4 cm³/mol. The highest BCUT2D eigenvalue weighted by Crippen LogP contribution is 2.31. The average Bonchev–Trinajstić information content (AvgIpc) is 2.55. The monoisotopic (exact) mass is 299 g/mol. The van der Waals surface area contributed by atoms with Gasteiger partial charge in [0.15, 0.2) is 0 Å². The Hall–Kier alpha value is -2.26. The number of hydrogen-bond acceptors (Lipinski definition) is 3. The molecular formula is C17H14ClNO2. The summed E-state index contributed by atoms with van der Waals surface area (Å²) in [5, 5.41) is 2.00. The van der Waals surface area contributed by atoms with Gasteiger partial charge in [-0.15, -0.1) is 11.6 Å². The maximum Gasteiger partial charge on any atom is 0.227 e. The Morgan fingerprint density at radius 3 is 2.52 bits per heavy atom. The van der Waals surface area contributed by atoms with Crippen molar-refractivity contribution in [1.29, 1.82) is 0 Å². The van der Waals surface area contributed by atoms with Crippen LogP contribution in [0.15, 0.2) is 54.7 Å². The van der Waals surface area contributed by atoms with E-state index in [1.807, 2.05) is 48.5 Å². The molecule has 3 nitrogen and oxygen atoms in total. The van der Waals surface area contributed by atoms with E-state index in [9.17, 15) is 0 Å². The Labute approximate surface area is 128 Å². The van der Waals surface area contributed by atoms with E-state index in [0.29, 0.717) is 17.5 Å². The van der Waals surface area contributed by atoms with Gasteiger partial charge < -0.3 is 9.47 Å². The molecule has 2 aromatic carbocycles. The van der Waals surface area contributed by atoms with Crippen LogP contribution in [0.5, 0.6) is 17.4 Å². The predicted octanol–water partition coefficient (Wildman–Crippen LogP) is 4.77. The van der Waals surface area contributed by atoms with Crippen molar-refractivity contribution in [1.82, 2.24) is 4.98 Å². The first kappa shape index (κ1) is 13.7. The summed E-state index contributed by atoms with van der Waals surface area (Å²) in [5.41, 5.74) is 0.991. The number of ether oxygens (including phenoxy) is 2. The highest BCUT2D eigenvalue weighted by atomic mass is 35.5. The molecule has 0 radical (unpaired) electrons. The van der Waals surface area contributed by atoms with Gasteiger partial charge in [0.25, 0.3) is 0 Å². The van der Waals surface area contributed by atoms with E-state index < -0.39 is 0 Å². The molecule has 0 amide bonds. The Morgan fingerprint density at radius 2 is 1.76 bits per heavy atom. The molecule has 0 atom stereocenters. The van der Waals surface area contributed by atoms with E-state index in [2.05, 4.69) is 4.98 Å². The van der Waals surface area contributed by atoms with Crippen LogP contribution in [0, 0.1) is 0 Å². The molecular weight excluding hydrogens is 286 g/mol. The van der Waals surface area contributed by atoms with Crippen molar-refractivity contribution in [2.24, 2.45) is 0 Å². The Bertz CT molecular complexity index is 774. The fraction of sp³-hybridized carbons (Fsp3) is 0.118. The van der Waals surface area contributed by atoms with Crippen LogP contribution in [0.4, 0.5) is 0 Å². The first-order valence-corrected chi connectivity index (χ1v) is 7.10. The van der Waals surface area contributed by atoms with Crippen molar-refractivity contribution in [2.45, 2.75) is 5.88 Å². The second-order valence-electron chi connectivity index (χ2n) is 4.55. The van der Waals surface area contributed by atoms with E-state index in [0.717, 1.165) is 22.1 Å².